The summed E-state index contributed by atoms with van der Waals surface area (Å²) in [5.41, 5.74) is 2.02. The van der Waals surface area contributed by atoms with Crippen LogP contribution in [0.15, 0.2) is 22.7 Å². The maximum absolute atomic E-state index is 13.4. The van der Waals surface area contributed by atoms with Gasteiger partial charge in [-0.15, -0.1) is 0 Å². The predicted octanol–water partition coefficient (Wildman–Crippen LogP) is 4.51. The second-order valence-corrected chi connectivity index (χ2v) is 8.08. The number of hydrogen-bond acceptors (Lipinski definition) is 3. The van der Waals surface area contributed by atoms with Gasteiger partial charge in [-0.2, -0.15) is 5.10 Å². The lowest BCUT2D eigenvalue weighted by Gasteiger charge is -2.28. The van der Waals surface area contributed by atoms with Crippen molar-refractivity contribution >= 4 is 33.6 Å². The second-order valence-electron chi connectivity index (χ2n) is 7.22. The molecule has 11 heteroatoms. The van der Waals surface area contributed by atoms with Gasteiger partial charge in [0.05, 0.1) is 23.3 Å². The number of carbonyl (C=O) groups is 2. The summed E-state index contributed by atoms with van der Waals surface area (Å²) in [7, 11) is 0. The Morgan fingerprint density at radius 3 is 2.69 bits per heavy atom. The molecule has 2 aliphatic heterocycles. The predicted molar refractivity (Wildman–Crippen MR) is 117 cm³/mol. The van der Waals surface area contributed by atoms with Gasteiger partial charge >= 0.3 is 6.03 Å². The van der Waals surface area contributed by atoms with E-state index in [0.717, 1.165) is 4.90 Å². The van der Waals surface area contributed by atoms with Gasteiger partial charge in [-0.3, -0.25) is 9.48 Å². The van der Waals surface area contributed by atoms with Gasteiger partial charge in [-0.1, -0.05) is 13.8 Å². The molecule has 174 valence electrons. The maximum atomic E-state index is 13.4. The molecule has 1 aromatic heterocycles. The third-order valence-electron chi connectivity index (χ3n) is 5.21. The van der Waals surface area contributed by atoms with Gasteiger partial charge in [0.25, 0.3) is 12.3 Å². The molecule has 0 bridgehead atoms. The number of benzene rings is 1. The Morgan fingerprint density at radius 2 is 2.00 bits per heavy atom. The summed E-state index contributed by atoms with van der Waals surface area (Å²) in [6.07, 6.45) is -1.62. The smallest absolute Gasteiger partial charge is 0.322 e. The van der Waals surface area contributed by atoms with E-state index in [4.69, 9.17) is 0 Å². The van der Waals surface area contributed by atoms with Gasteiger partial charge in [0.1, 0.15) is 11.5 Å². The van der Waals surface area contributed by atoms with Crippen LogP contribution in [-0.4, -0.2) is 57.6 Å². The van der Waals surface area contributed by atoms with E-state index in [1.165, 1.54) is 23.1 Å². The van der Waals surface area contributed by atoms with Crippen LogP contribution in [0, 0.1) is 5.82 Å². The van der Waals surface area contributed by atoms with Crippen molar-refractivity contribution in [3.05, 3.63) is 45.4 Å². The van der Waals surface area contributed by atoms with E-state index in [1.54, 1.807) is 4.68 Å². The fourth-order valence-corrected chi connectivity index (χ4v) is 4.16. The van der Waals surface area contributed by atoms with Crippen LogP contribution in [0.25, 0.3) is 0 Å². The molecule has 0 saturated carbocycles. The van der Waals surface area contributed by atoms with Crippen LogP contribution < -0.4 is 5.32 Å². The minimum absolute atomic E-state index is 0.146. The topological polar surface area (TPSA) is 70.5 Å². The molecule has 3 amide bonds. The molecule has 1 N–H and O–H groups in total. The summed E-state index contributed by atoms with van der Waals surface area (Å²) < 4.78 is 41.0. The van der Waals surface area contributed by atoms with Gasteiger partial charge in [0, 0.05) is 37.3 Å². The Bertz CT molecular complexity index is 998. The van der Waals surface area contributed by atoms with E-state index in [-0.39, 0.29) is 23.3 Å². The zero-order chi connectivity index (χ0) is 23.4. The summed E-state index contributed by atoms with van der Waals surface area (Å²) in [4.78, 5) is 28.3. The van der Waals surface area contributed by atoms with Crippen LogP contribution in [0.4, 0.5) is 23.7 Å². The molecule has 0 saturated heterocycles. The summed E-state index contributed by atoms with van der Waals surface area (Å²) in [6, 6.07) is 3.75. The van der Waals surface area contributed by atoms with Crippen molar-refractivity contribution in [2.75, 3.05) is 25.0 Å². The number of anilines is 1. The van der Waals surface area contributed by atoms with E-state index in [9.17, 15) is 22.8 Å². The van der Waals surface area contributed by atoms with Crippen LogP contribution >= 0.6 is 15.9 Å². The van der Waals surface area contributed by atoms with Crippen molar-refractivity contribution < 1.29 is 22.8 Å². The Labute approximate surface area is 192 Å². The highest BCUT2D eigenvalue weighted by molar-refractivity contribution is 9.10. The van der Waals surface area contributed by atoms with Crippen LogP contribution in [0.5, 0.6) is 0 Å². The number of fused-ring (bicyclic) bond motifs is 3. The van der Waals surface area contributed by atoms with Gasteiger partial charge in [0.15, 0.2) is 0 Å². The van der Waals surface area contributed by atoms with Crippen LogP contribution in [0.1, 0.15) is 42.0 Å². The number of carbonyl (C=O) groups excluding carboxylic acids is 2. The average Bonchev–Trinajstić information content (AvgIpc) is 3.06. The minimum atomic E-state index is -2.61. The van der Waals surface area contributed by atoms with E-state index >= 15 is 0 Å². The highest BCUT2D eigenvalue weighted by atomic mass is 79.9. The molecular formula is C21H25BrF3N5O2. The van der Waals surface area contributed by atoms with Gasteiger partial charge in [0.2, 0.25) is 0 Å². The Balaban J connectivity index is 0.00000141. The number of rotatable bonds is 3. The molecule has 2 aromatic rings. The Kier molecular flexibility index (Phi) is 7.81. The summed E-state index contributed by atoms with van der Waals surface area (Å²) in [5.74, 6) is -0.920. The lowest BCUT2D eigenvalue weighted by Crippen LogP contribution is -2.40. The normalized spacial score (nSPS) is 15.5. The molecule has 7 nitrogen and oxygen atoms in total. The molecule has 0 atom stereocenters. The number of halogens is 4. The molecule has 1 aromatic carbocycles. The Hall–Kier alpha value is -2.56. The van der Waals surface area contributed by atoms with E-state index in [1.807, 2.05) is 13.8 Å². The monoisotopic (exact) mass is 515 g/mol. The minimum Gasteiger partial charge on any atom is -0.332 e. The number of urea groups is 1. The number of nitrogens with zero attached hydrogens (tertiary/aromatic N) is 4. The summed E-state index contributed by atoms with van der Waals surface area (Å²) >= 11 is 3.08. The second kappa shape index (κ2) is 10.4. The summed E-state index contributed by atoms with van der Waals surface area (Å²) in [6.45, 7) is 4.62. The van der Waals surface area contributed by atoms with Gasteiger partial charge in [-0.05, 0) is 40.5 Å². The lowest BCUT2D eigenvalue weighted by molar-refractivity contribution is 0.0558. The maximum Gasteiger partial charge on any atom is 0.322 e. The average molecular weight is 516 g/mol. The number of amides is 3. The van der Waals surface area contributed by atoms with Crippen molar-refractivity contribution in [3.63, 3.8) is 0 Å². The third-order valence-corrected chi connectivity index (χ3v) is 5.81. The number of hydrogen-bond donors (Lipinski definition) is 1. The molecule has 32 heavy (non-hydrogen) atoms. The third kappa shape index (κ3) is 5.08. The zero-order valence-corrected chi connectivity index (χ0v) is 19.5. The van der Waals surface area contributed by atoms with Crippen molar-refractivity contribution in [2.45, 2.75) is 46.2 Å². The highest BCUT2D eigenvalue weighted by Gasteiger charge is 2.34. The number of nitrogens with one attached hydrogen (secondary N) is 1. The van der Waals surface area contributed by atoms with Crippen LogP contribution in [0.3, 0.4) is 0 Å². The van der Waals surface area contributed by atoms with E-state index < -0.39 is 30.7 Å². The van der Waals surface area contributed by atoms with Crippen molar-refractivity contribution in [3.8, 4) is 0 Å². The summed E-state index contributed by atoms with van der Waals surface area (Å²) in [5, 5.41) is 7.20. The van der Waals surface area contributed by atoms with Gasteiger partial charge in [-0.25, -0.2) is 18.0 Å². The lowest BCUT2D eigenvalue weighted by atomic mass is 10.0. The Morgan fingerprint density at radius 1 is 1.25 bits per heavy atom. The van der Waals surface area contributed by atoms with E-state index in [2.05, 4.69) is 26.3 Å². The largest absolute Gasteiger partial charge is 0.332 e. The van der Waals surface area contributed by atoms with Crippen LogP contribution in [0.2, 0.25) is 0 Å². The van der Waals surface area contributed by atoms with E-state index in [0.29, 0.717) is 42.9 Å². The molecule has 0 spiro atoms. The van der Waals surface area contributed by atoms with Crippen molar-refractivity contribution in [1.29, 1.82) is 0 Å². The van der Waals surface area contributed by atoms with Gasteiger partial charge < -0.3 is 15.1 Å². The fraction of sp³-hybridized carbons (Fsp3) is 0.476. The molecule has 0 fully saturated rings. The SMILES string of the molecule is CC.O=C(Nc1ccc(F)c(Br)c1)N1CCc2nn3c(c2C1)C(=O)N(CC(F)F)CCC3. The number of aromatic nitrogens is 2. The zero-order valence-electron chi connectivity index (χ0n) is 17.9. The van der Waals surface area contributed by atoms with Crippen LogP contribution in [-0.2, 0) is 19.5 Å². The molecule has 3 heterocycles. The molecular weight excluding hydrogens is 491 g/mol. The van der Waals surface area contributed by atoms with Crippen molar-refractivity contribution in [1.82, 2.24) is 19.6 Å². The molecule has 4 rings (SSSR count). The molecule has 0 radical (unpaired) electrons. The molecule has 0 aliphatic carbocycles. The first kappa shape index (κ1) is 24.1. The van der Waals surface area contributed by atoms with Crippen molar-refractivity contribution in [2.24, 2.45) is 0 Å². The first-order valence-electron chi connectivity index (χ1n) is 10.5. The number of aryl methyl sites for hydroxylation is 1. The highest BCUT2D eigenvalue weighted by Crippen LogP contribution is 2.27. The quantitative estimate of drug-likeness (QED) is 0.653. The first-order chi connectivity index (χ1) is 15.3. The standard InChI is InChI=1S/C19H19BrF3N5O2.C2H6/c20-13-8-11(2-3-14(13)21)24-19(30)27-7-4-15-12(9-27)17-18(29)26(10-16(22)23)5-1-6-28(17)25-15;1-2/h2-3,8,16H,1,4-7,9-10H2,(H,24,30);1-2H3. The number of alkyl halides is 2. The molecule has 2 aliphatic rings. The fourth-order valence-electron chi connectivity index (χ4n) is 3.78. The first-order valence-corrected chi connectivity index (χ1v) is 11.3. The molecule has 0 unspecified atom stereocenters.